The number of nitrogens with one attached hydrogen (secondary N) is 1. The molecule has 1 amide bonds. The summed E-state index contributed by atoms with van der Waals surface area (Å²) in [5, 5.41) is 2.97. The van der Waals surface area contributed by atoms with Crippen LogP contribution in [0.15, 0.2) is 77.4 Å². The van der Waals surface area contributed by atoms with Crippen molar-refractivity contribution in [2.45, 2.75) is 19.5 Å². The number of benzene rings is 2. The molecular weight excluding hydrogens is 324 g/mol. The fraction of sp³-hybridized carbons (Fsp3) is 0.227. The summed E-state index contributed by atoms with van der Waals surface area (Å²) in [5.74, 6) is 0.740. The van der Waals surface area contributed by atoms with E-state index in [4.69, 9.17) is 4.42 Å². The zero-order chi connectivity index (χ0) is 18.4. The van der Waals surface area contributed by atoms with E-state index in [1.54, 1.807) is 6.26 Å². The molecule has 1 atom stereocenters. The first-order valence-electron chi connectivity index (χ1n) is 8.78. The van der Waals surface area contributed by atoms with Gasteiger partial charge in [0.1, 0.15) is 5.76 Å². The largest absolute Gasteiger partial charge is 0.467 e. The SMILES string of the molecule is CC(NC(=O)CN(C)Cc1ccccc1-c1ccccc1)c1ccco1. The lowest BCUT2D eigenvalue weighted by molar-refractivity contribution is -0.122. The van der Waals surface area contributed by atoms with Crippen LogP contribution in [0, 0.1) is 0 Å². The van der Waals surface area contributed by atoms with Gasteiger partial charge in [0.05, 0.1) is 18.8 Å². The summed E-state index contributed by atoms with van der Waals surface area (Å²) in [6.45, 7) is 2.95. The molecule has 0 saturated carbocycles. The Morgan fingerprint density at radius 3 is 2.50 bits per heavy atom. The van der Waals surface area contributed by atoms with Crippen LogP contribution >= 0.6 is 0 Å². The number of likely N-dealkylation sites (N-methyl/N-ethyl adjacent to an activating group) is 1. The summed E-state index contributed by atoms with van der Waals surface area (Å²) in [7, 11) is 1.96. The predicted octanol–water partition coefficient (Wildman–Crippen LogP) is 4.26. The molecule has 0 aliphatic rings. The molecule has 26 heavy (non-hydrogen) atoms. The van der Waals surface area contributed by atoms with Crippen LogP contribution in [-0.4, -0.2) is 24.4 Å². The first-order valence-corrected chi connectivity index (χ1v) is 8.78. The Kier molecular flexibility index (Phi) is 5.87. The lowest BCUT2D eigenvalue weighted by Gasteiger charge is -2.20. The number of hydrogen-bond donors (Lipinski definition) is 1. The van der Waals surface area contributed by atoms with Crippen LogP contribution in [0.4, 0.5) is 0 Å². The standard InChI is InChI=1S/C22H24N2O2/c1-17(21-13-8-14-26-21)23-22(25)16-24(2)15-19-11-6-7-12-20(19)18-9-4-3-5-10-18/h3-14,17H,15-16H2,1-2H3,(H,23,25). The van der Waals surface area contributed by atoms with Gasteiger partial charge in [0, 0.05) is 6.54 Å². The first-order chi connectivity index (χ1) is 12.6. The first kappa shape index (κ1) is 18.0. The lowest BCUT2D eigenvalue weighted by Crippen LogP contribution is -2.36. The monoisotopic (exact) mass is 348 g/mol. The molecule has 134 valence electrons. The van der Waals surface area contributed by atoms with Crippen molar-refractivity contribution in [2.24, 2.45) is 0 Å². The maximum atomic E-state index is 12.3. The molecule has 0 bridgehead atoms. The maximum absolute atomic E-state index is 12.3. The van der Waals surface area contributed by atoms with Crippen LogP contribution in [-0.2, 0) is 11.3 Å². The van der Waals surface area contributed by atoms with Crippen molar-refractivity contribution in [3.8, 4) is 11.1 Å². The van der Waals surface area contributed by atoms with Crippen LogP contribution in [0.2, 0.25) is 0 Å². The Balaban J connectivity index is 1.62. The van der Waals surface area contributed by atoms with E-state index in [0.717, 1.165) is 5.76 Å². The second-order valence-corrected chi connectivity index (χ2v) is 6.50. The molecule has 1 N–H and O–H groups in total. The summed E-state index contributed by atoms with van der Waals surface area (Å²) >= 11 is 0. The van der Waals surface area contributed by atoms with Crippen molar-refractivity contribution in [3.05, 3.63) is 84.3 Å². The highest BCUT2D eigenvalue weighted by Gasteiger charge is 2.14. The third kappa shape index (κ3) is 4.61. The highest BCUT2D eigenvalue weighted by atomic mass is 16.3. The molecule has 4 heteroatoms. The predicted molar refractivity (Wildman–Crippen MR) is 103 cm³/mol. The van der Waals surface area contributed by atoms with Gasteiger partial charge in [-0.15, -0.1) is 0 Å². The Morgan fingerprint density at radius 2 is 1.77 bits per heavy atom. The second kappa shape index (κ2) is 8.50. The van der Waals surface area contributed by atoms with Gasteiger partial charge in [0.15, 0.2) is 0 Å². The number of carbonyl (C=O) groups is 1. The molecule has 0 aliphatic carbocycles. The normalized spacial score (nSPS) is 12.1. The van der Waals surface area contributed by atoms with Gasteiger partial charge in [-0.1, -0.05) is 54.6 Å². The van der Waals surface area contributed by atoms with Crippen molar-refractivity contribution < 1.29 is 9.21 Å². The van der Waals surface area contributed by atoms with E-state index >= 15 is 0 Å². The van der Waals surface area contributed by atoms with Gasteiger partial charge >= 0.3 is 0 Å². The summed E-state index contributed by atoms with van der Waals surface area (Å²) in [4.78, 5) is 14.3. The van der Waals surface area contributed by atoms with Crippen molar-refractivity contribution >= 4 is 5.91 Å². The minimum Gasteiger partial charge on any atom is -0.467 e. The van der Waals surface area contributed by atoms with E-state index in [0.29, 0.717) is 13.1 Å². The van der Waals surface area contributed by atoms with Crippen molar-refractivity contribution in [1.29, 1.82) is 0 Å². The van der Waals surface area contributed by atoms with E-state index in [1.165, 1.54) is 16.7 Å². The molecule has 0 saturated heterocycles. The molecule has 1 unspecified atom stereocenters. The number of amides is 1. The smallest absolute Gasteiger partial charge is 0.234 e. The van der Waals surface area contributed by atoms with Crippen LogP contribution < -0.4 is 5.32 Å². The van der Waals surface area contributed by atoms with Crippen LogP contribution in [0.25, 0.3) is 11.1 Å². The zero-order valence-corrected chi connectivity index (χ0v) is 15.2. The molecule has 1 aromatic heterocycles. The third-order valence-electron chi connectivity index (χ3n) is 4.30. The molecule has 0 fully saturated rings. The van der Waals surface area contributed by atoms with Gasteiger partial charge < -0.3 is 9.73 Å². The minimum absolute atomic E-state index is 0.0198. The van der Waals surface area contributed by atoms with Crippen molar-refractivity contribution in [2.75, 3.05) is 13.6 Å². The van der Waals surface area contributed by atoms with Crippen molar-refractivity contribution in [1.82, 2.24) is 10.2 Å². The molecule has 0 aliphatic heterocycles. The highest BCUT2D eigenvalue weighted by molar-refractivity contribution is 5.78. The maximum Gasteiger partial charge on any atom is 0.234 e. The van der Waals surface area contributed by atoms with E-state index in [-0.39, 0.29) is 11.9 Å². The molecule has 0 spiro atoms. The van der Waals surface area contributed by atoms with Gasteiger partial charge in [0.25, 0.3) is 0 Å². The Morgan fingerprint density at radius 1 is 1.04 bits per heavy atom. The van der Waals surface area contributed by atoms with E-state index < -0.39 is 0 Å². The van der Waals surface area contributed by atoms with Gasteiger partial charge in [-0.25, -0.2) is 0 Å². The van der Waals surface area contributed by atoms with Gasteiger partial charge in [-0.05, 0) is 42.8 Å². The fourth-order valence-electron chi connectivity index (χ4n) is 3.05. The summed E-state index contributed by atoms with van der Waals surface area (Å²) in [6.07, 6.45) is 1.62. The number of hydrogen-bond acceptors (Lipinski definition) is 3. The van der Waals surface area contributed by atoms with Gasteiger partial charge in [-0.2, -0.15) is 0 Å². The molecule has 3 rings (SSSR count). The van der Waals surface area contributed by atoms with Crippen LogP contribution in [0.1, 0.15) is 24.3 Å². The average molecular weight is 348 g/mol. The fourth-order valence-corrected chi connectivity index (χ4v) is 3.05. The molecule has 1 heterocycles. The van der Waals surface area contributed by atoms with E-state index in [2.05, 4.69) is 29.6 Å². The van der Waals surface area contributed by atoms with Crippen LogP contribution in [0.3, 0.4) is 0 Å². The number of furan rings is 1. The van der Waals surface area contributed by atoms with E-state index in [1.807, 2.05) is 61.3 Å². The van der Waals surface area contributed by atoms with Crippen molar-refractivity contribution in [3.63, 3.8) is 0 Å². The summed E-state index contributed by atoms with van der Waals surface area (Å²) in [6, 6.07) is 22.2. The molecule has 2 aromatic carbocycles. The molecule has 4 nitrogen and oxygen atoms in total. The number of rotatable bonds is 7. The third-order valence-corrected chi connectivity index (χ3v) is 4.30. The minimum atomic E-state index is -0.137. The Bertz CT molecular complexity index is 828. The van der Waals surface area contributed by atoms with Gasteiger partial charge in [0.2, 0.25) is 5.91 Å². The average Bonchev–Trinajstić information content (AvgIpc) is 3.17. The van der Waals surface area contributed by atoms with Crippen LogP contribution in [0.5, 0.6) is 0 Å². The number of nitrogens with zero attached hydrogens (tertiary/aromatic N) is 1. The molecule has 0 radical (unpaired) electrons. The molecule has 3 aromatic rings. The number of carbonyl (C=O) groups excluding carboxylic acids is 1. The topological polar surface area (TPSA) is 45.5 Å². The lowest BCUT2D eigenvalue weighted by atomic mass is 9.99. The highest BCUT2D eigenvalue weighted by Crippen LogP contribution is 2.24. The second-order valence-electron chi connectivity index (χ2n) is 6.50. The summed E-state index contributed by atoms with van der Waals surface area (Å²) in [5.41, 5.74) is 3.59. The Hall–Kier alpha value is -2.85. The zero-order valence-electron chi connectivity index (χ0n) is 15.2. The summed E-state index contributed by atoms with van der Waals surface area (Å²) < 4.78 is 5.33. The Labute approximate surface area is 154 Å². The van der Waals surface area contributed by atoms with E-state index in [9.17, 15) is 4.79 Å². The molecular formula is C22H24N2O2. The quantitative estimate of drug-likeness (QED) is 0.694. The van der Waals surface area contributed by atoms with Gasteiger partial charge in [-0.3, -0.25) is 9.69 Å².